The zero-order valence-corrected chi connectivity index (χ0v) is 11.7. The fourth-order valence-corrected chi connectivity index (χ4v) is 2.82. The maximum Gasteiger partial charge on any atom is 0.140 e. The molecule has 18 heavy (non-hydrogen) atoms. The molecule has 2 N–H and O–H groups in total. The van der Waals surface area contributed by atoms with Gasteiger partial charge in [-0.15, -0.1) is 0 Å². The van der Waals surface area contributed by atoms with E-state index in [2.05, 4.69) is 28.7 Å². The molecule has 3 nitrogen and oxygen atoms in total. The summed E-state index contributed by atoms with van der Waals surface area (Å²) in [6.07, 6.45) is 6.22. The minimum absolute atomic E-state index is 0.694. The van der Waals surface area contributed by atoms with Crippen LogP contribution in [0.15, 0.2) is 24.5 Å². The van der Waals surface area contributed by atoms with E-state index in [4.69, 9.17) is 5.73 Å². The van der Waals surface area contributed by atoms with Gasteiger partial charge in [-0.1, -0.05) is 6.92 Å². The third kappa shape index (κ3) is 3.06. The normalized spacial score (nSPS) is 11.2. The van der Waals surface area contributed by atoms with Crippen LogP contribution >= 0.6 is 11.8 Å². The zero-order chi connectivity index (χ0) is 12.8. The molecule has 0 spiro atoms. The number of fused-ring (bicyclic) bond motifs is 1. The van der Waals surface area contributed by atoms with Crippen molar-refractivity contribution in [2.45, 2.75) is 26.3 Å². The van der Waals surface area contributed by atoms with Gasteiger partial charge in [-0.05, 0) is 48.6 Å². The Bertz CT molecular complexity index is 493. The molecule has 0 aliphatic rings. The van der Waals surface area contributed by atoms with Crippen LogP contribution in [0.4, 0.5) is 0 Å². The first-order chi connectivity index (χ1) is 8.86. The minimum atomic E-state index is 0.694. The van der Waals surface area contributed by atoms with Gasteiger partial charge in [-0.3, -0.25) is 0 Å². The van der Waals surface area contributed by atoms with Gasteiger partial charge in [0.15, 0.2) is 0 Å². The Morgan fingerprint density at radius 1 is 1.44 bits per heavy atom. The second kappa shape index (κ2) is 6.81. The van der Waals surface area contributed by atoms with E-state index in [1.807, 2.05) is 24.0 Å². The Kier molecular flexibility index (Phi) is 5.08. The van der Waals surface area contributed by atoms with Crippen LogP contribution in [0.25, 0.3) is 11.0 Å². The Hall–Kier alpha value is -1.00. The summed E-state index contributed by atoms with van der Waals surface area (Å²) in [5.41, 5.74) is 8.09. The number of thioether (sulfide) groups is 1. The molecule has 0 aromatic carbocycles. The van der Waals surface area contributed by atoms with Crippen molar-refractivity contribution >= 4 is 22.8 Å². The number of nitrogens with two attached hydrogens (primary N) is 1. The third-order valence-corrected chi connectivity index (χ3v) is 4.01. The van der Waals surface area contributed by atoms with Crippen molar-refractivity contribution in [1.29, 1.82) is 0 Å². The van der Waals surface area contributed by atoms with Crippen molar-refractivity contribution in [3.05, 3.63) is 30.1 Å². The van der Waals surface area contributed by atoms with Gasteiger partial charge in [0, 0.05) is 24.3 Å². The summed E-state index contributed by atoms with van der Waals surface area (Å²) in [6.45, 7) is 3.95. The third-order valence-electron chi connectivity index (χ3n) is 3.02. The molecular formula is C14H21N3S. The fraction of sp³-hybridized carbons (Fsp3) is 0.500. The van der Waals surface area contributed by atoms with Gasteiger partial charge >= 0.3 is 0 Å². The second-order valence-corrected chi connectivity index (χ2v) is 5.71. The Balaban J connectivity index is 2.16. The lowest BCUT2D eigenvalue weighted by Crippen LogP contribution is -2.02. The molecule has 0 atom stereocenters. The number of nitrogens with zero attached hydrogens (tertiary/aromatic N) is 2. The molecule has 2 aromatic heterocycles. The summed E-state index contributed by atoms with van der Waals surface area (Å²) in [6, 6.07) is 4.14. The molecule has 98 valence electrons. The lowest BCUT2D eigenvalue weighted by atomic mass is 10.2. The number of aryl methyl sites for hydroxylation is 1. The van der Waals surface area contributed by atoms with Crippen LogP contribution in [-0.4, -0.2) is 27.6 Å². The lowest BCUT2D eigenvalue weighted by Gasteiger charge is -2.03. The van der Waals surface area contributed by atoms with E-state index < -0.39 is 0 Å². The molecular weight excluding hydrogens is 242 g/mol. The molecule has 0 radical (unpaired) electrons. The topological polar surface area (TPSA) is 43.8 Å². The molecule has 0 saturated heterocycles. The van der Waals surface area contributed by atoms with Crippen molar-refractivity contribution in [3.63, 3.8) is 0 Å². The van der Waals surface area contributed by atoms with E-state index in [1.54, 1.807) is 0 Å². The van der Waals surface area contributed by atoms with Gasteiger partial charge in [0.1, 0.15) is 5.65 Å². The predicted octanol–water partition coefficient (Wildman–Crippen LogP) is 2.68. The first kappa shape index (κ1) is 13.4. The van der Waals surface area contributed by atoms with Crippen molar-refractivity contribution < 1.29 is 0 Å². The van der Waals surface area contributed by atoms with Gasteiger partial charge in [0.05, 0.1) is 0 Å². The average molecular weight is 263 g/mol. The van der Waals surface area contributed by atoms with Crippen molar-refractivity contribution in [3.8, 4) is 0 Å². The van der Waals surface area contributed by atoms with Gasteiger partial charge in [0.2, 0.25) is 0 Å². The highest BCUT2D eigenvalue weighted by atomic mass is 32.2. The van der Waals surface area contributed by atoms with Crippen LogP contribution in [0.5, 0.6) is 0 Å². The van der Waals surface area contributed by atoms with Gasteiger partial charge in [-0.2, -0.15) is 11.8 Å². The molecule has 2 aromatic rings. The summed E-state index contributed by atoms with van der Waals surface area (Å²) in [5, 5.41) is 1.26. The largest absolute Gasteiger partial charge is 0.332 e. The highest BCUT2D eigenvalue weighted by Crippen LogP contribution is 2.20. The van der Waals surface area contributed by atoms with E-state index >= 15 is 0 Å². The van der Waals surface area contributed by atoms with Crippen LogP contribution in [-0.2, 0) is 13.0 Å². The summed E-state index contributed by atoms with van der Waals surface area (Å²) < 4.78 is 2.27. The van der Waals surface area contributed by atoms with E-state index in [9.17, 15) is 0 Å². The SMILES string of the molecule is CCSCCCn1cc(CCN)c2cccnc21. The molecule has 4 heteroatoms. The Morgan fingerprint density at radius 3 is 3.11 bits per heavy atom. The van der Waals surface area contributed by atoms with Gasteiger partial charge < -0.3 is 10.3 Å². The smallest absolute Gasteiger partial charge is 0.140 e. The van der Waals surface area contributed by atoms with Crippen molar-refractivity contribution in [2.24, 2.45) is 5.73 Å². The predicted molar refractivity (Wildman–Crippen MR) is 80.1 cm³/mol. The molecule has 0 amide bonds. The van der Waals surface area contributed by atoms with Crippen molar-refractivity contribution in [1.82, 2.24) is 9.55 Å². The number of pyridine rings is 1. The fourth-order valence-electron chi connectivity index (χ4n) is 2.20. The summed E-state index contributed by atoms with van der Waals surface area (Å²) in [4.78, 5) is 4.50. The molecule has 0 unspecified atom stereocenters. The van der Waals surface area contributed by atoms with Crippen LogP contribution in [0.3, 0.4) is 0 Å². The summed E-state index contributed by atoms with van der Waals surface area (Å²) >= 11 is 2.00. The standard InChI is InChI=1S/C14H21N3S/c1-2-18-10-4-9-17-11-12(6-7-15)13-5-3-8-16-14(13)17/h3,5,8,11H,2,4,6-7,9-10,15H2,1H3. The maximum atomic E-state index is 5.67. The zero-order valence-electron chi connectivity index (χ0n) is 10.9. The highest BCUT2D eigenvalue weighted by Gasteiger charge is 2.08. The Morgan fingerprint density at radius 2 is 2.33 bits per heavy atom. The molecule has 0 saturated carbocycles. The van der Waals surface area contributed by atoms with Crippen LogP contribution in [0.2, 0.25) is 0 Å². The van der Waals surface area contributed by atoms with Gasteiger partial charge in [-0.25, -0.2) is 4.98 Å². The molecule has 2 heterocycles. The van der Waals surface area contributed by atoms with E-state index in [1.165, 1.54) is 28.9 Å². The quantitative estimate of drug-likeness (QED) is 0.781. The number of rotatable bonds is 7. The van der Waals surface area contributed by atoms with E-state index in [-0.39, 0.29) is 0 Å². The Labute approximate surface area is 113 Å². The summed E-state index contributed by atoms with van der Waals surface area (Å²) in [7, 11) is 0. The van der Waals surface area contributed by atoms with Gasteiger partial charge in [0.25, 0.3) is 0 Å². The first-order valence-electron chi connectivity index (χ1n) is 6.57. The average Bonchev–Trinajstić information content (AvgIpc) is 2.74. The van der Waals surface area contributed by atoms with Crippen molar-refractivity contribution in [2.75, 3.05) is 18.1 Å². The summed E-state index contributed by atoms with van der Waals surface area (Å²) in [5.74, 6) is 2.42. The van der Waals surface area contributed by atoms with E-state index in [0.717, 1.165) is 18.6 Å². The molecule has 0 bridgehead atoms. The maximum absolute atomic E-state index is 5.67. The highest BCUT2D eigenvalue weighted by molar-refractivity contribution is 7.99. The van der Waals surface area contributed by atoms with Crippen LogP contribution in [0.1, 0.15) is 18.9 Å². The number of hydrogen-bond donors (Lipinski definition) is 1. The molecule has 0 aliphatic carbocycles. The second-order valence-electron chi connectivity index (χ2n) is 4.31. The molecule has 0 aliphatic heterocycles. The lowest BCUT2D eigenvalue weighted by molar-refractivity contribution is 0.700. The van der Waals surface area contributed by atoms with Crippen LogP contribution < -0.4 is 5.73 Å². The minimum Gasteiger partial charge on any atom is -0.332 e. The van der Waals surface area contributed by atoms with E-state index in [0.29, 0.717) is 6.54 Å². The molecule has 2 rings (SSSR count). The number of hydrogen-bond acceptors (Lipinski definition) is 3. The first-order valence-corrected chi connectivity index (χ1v) is 7.72. The number of aromatic nitrogens is 2. The monoisotopic (exact) mass is 263 g/mol. The van der Waals surface area contributed by atoms with Crippen LogP contribution in [0, 0.1) is 0 Å². The molecule has 0 fully saturated rings.